The molecule has 1 atom stereocenters. The van der Waals surface area contributed by atoms with Crippen LogP contribution in [-0.4, -0.2) is 34.2 Å². The van der Waals surface area contributed by atoms with E-state index < -0.39 is 23.9 Å². The van der Waals surface area contributed by atoms with E-state index in [0.717, 1.165) is 0 Å². The van der Waals surface area contributed by atoms with Crippen molar-refractivity contribution in [3.8, 4) is 0 Å². The minimum atomic E-state index is -1.81. The van der Waals surface area contributed by atoms with Crippen LogP contribution in [0.5, 0.6) is 0 Å². The topological polar surface area (TPSA) is 103 Å². The Balaban J connectivity index is 2.29. The third-order valence-corrected chi connectivity index (χ3v) is 3.32. The van der Waals surface area contributed by atoms with Crippen molar-refractivity contribution >= 4 is 40.8 Å². The fourth-order valence-electron chi connectivity index (χ4n) is 1.80. The van der Waals surface area contributed by atoms with E-state index in [1.54, 1.807) is 12.1 Å². The van der Waals surface area contributed by atoms with Gasteiger partial charge in [0, 0.05) is 5.02 Å². The van der Waals surface area contributed by atoms with Gasteiger partial charge in [-0.1, -0.05) is 28.4 Å². The summed E-state index contributed by atoms with van der Waals surface area (Å²) >= 11 is 11.8. The molecule has 106 valence electrons. The summed E-state index contributed by atoms with van der Waals surface area (Å²) in [7, 11) is 0. The normalized spacial score (nSPS) is 21.2. The number of hydrogen-bond acceptors (Lipinski definition) is 5. The number of carboxylic acid groups (broad SMARTS) is 2. The molecule has 0 spiro atoms. The molecule has 1 aromatic carbocycles. The lowest BCUT2D eigenvalue weighted by Gasteiger charge is -2.20. The van der Waals surface area contributed by atoms with Crippen LogP contribution in [0.3, 0.4) is 0 Å². The Morgan fingerprint density at radius 1 is 1.35 bits per heavy atom. The molecule has 20 heavy (non-hydrogen) atoms. The predicted molar refractivity (Wildman–Crippen MR) is 71.3 cm³/mol. The van der Waals surface area contributed by atoms with E-state index in [-0.39, 0.29) is 11.6 Å². The highest BCUT2D eigenvalue weighted by Crippen LogP contribution is 2.35. The molecule has 1 aliphatic heterocycles. The summed E-state index contributed by atoms with van der Waals surface area (Å²) in [5.41, 5.74) is -1.40. The van der Waals surface area contributed by atoms with Crippen molar-refractivity contribution in [2.45, 2.75) is 12.0 Å². The molecule has 0 saturated carbocycles. The Hall–Kier alpha value is -1.86. The van der Waals surface area contributed by atoms with Gasteiger partial charge in [0.25, 0.3) is 0 Å². The highest BCUT2D eigenvalue weighted by atomic mass is 35.5. The Kier molecular flexibility index (Phi) is 3.82. The monoisotopic (exact) mass is 317 g/mol. The van der Waals surface area contributed by atoms with E-state index in [2.05, 4.69) is 10.3 Å². The summed E-state index contributed by atoms with van der Waals surface area (Å²) in [5.74, 6) is -2.62. The van der Waals surface area contributed by atoms with Gasteiger partial charge in [-0.15, -0.1) is 5.11 Å². The molecular weight excluding hydrogens is 309 g/mol. The second-order valence-electron chi connectivity index (χ2n) is 4.25. The SMILES string of the molecule is O=C(O)CC1(C(=O)O)CN(c2ccc(Cl)cc2Cl)N=N1. The standard InChI is InChI=1S/C11H9Cl2N3O4/c12-6-1-2-8(7(13)3-6)16-5-11(10(19)20,14-15-16)4-9(17)18/h1-3H,4-5H2,(H,17,18)(H,19,20). The zero-order valence-electron chi connectivity index (χ0n) is 9.95. The van der Waals surface area contributed by atoms with Crippen LogP contribution in [0.15, 0.2) is 28.5 Å². The Morgan fingerprint density at radius 3 is 2.60 bits per heavy atom. The van der Waals surface area contributed by atoms with Crippen LogP contribution in [0.25, 0.3) is 0 Å². The van der Waals surface area contributed by atoms with Crippen molar-refractivity contribution in [1.82, 2.24) is 0 Å². The Labute approximate surface area is 123 Å². The lowest BCUT2D eigenvalue weighted by atomic mass is 9.96. The minimum absolute atomic E-state index is 0.212. The van der Waals surface area contributed by atoms with Gasteiger partial charge in [0.05, 0.1) is 23.7 Å². The number of rotatable bonds is 4. The molecule has 0 radical (unpaired) electrons. The van der Waals surface area contributed by atoms with Crippen LogP contribution in [0.4, 0.5) is 5.69 Å². The van der Waals surface area contributed by atoms with Gasteiger partial charge in [0.2, 0.25) is 5.54 Å². The number of hydrogen-bond donors (Lipinski definition) is 2. The number of carbonyl (C=O) groups is 2. The van der Waals surface area contributed by atoms with E-state index in [1.807, 2.05) is 0 Å². The summed E-state index contributed by atoms with van der Waals surface area (Å²) in [6, 6.07) is 4.60. The van der Waals surface area contributed by atoms with Gasteiger partial charge in [0.15, 0.2) is 0 Å². The summed E-state index contributed by atoms with van der Waals surface area (Å²) in [6.45, 7) is -0.212. The zero-order chi connectivity index (χ0) is 14.9. The van der Waals surface area contributed by atoms with Crippen molar-refractivity contribution in [1.29, 1.82) is 0 Å². The smallest absolute Gasteiger partial charge is 0.336 e. The number of aliphatic carboxylic acids is 2. The van der Waals surface area contributed by atoms with Crippen molar-refractivity contribution in [3.05, 3.63) is 28.2 Å². The molecule has 9 heteroatoms. The zero-order valence-corrected chi connectivity index (χ0v) is 11.5. The van der Waals surface area contributed by atoms with Gasteiger partial charge in [-0.3, -0.25) is 4.79 Å². The van der Waals surface area contributed by atoms with E-state index in [1.165, 1.54) is 11.1 Å². The quantitative estimate of drug-likeness (QED) is 0.888. The first-order chi connectivity index (χ1) is 9.34. The van der Waals surface area contributed by atoms with Gasteiger partial charge in [-0.2, -0.15) is 0 Å². The number of nitrogens with zero attached hydrogens (tertiary/aromatic N) is 3. The van der Waals surface area contributed by atoms with Gasteiger partial charge >= 0.3 is 11.9 Å². The van der Waals surface area contributed by atoms with Gasteiger partial charge < -0.3 is 10.2 Å². The van der Waals surface area contributed by atoms with Crippen molar-refractivity contribution in [3.63, 3.8) is 0 Å². The maximum absolute atomic E-state index is 11.3. The molecule has 0 amide bonds. The molecule has 1 aliphatic rings. The second kappa shape index (κ2) is 5.26. The molecule has 0 aliphatic carbocycles. The molecule has 0 bridgehead atoms. The Morgan fingerprint density at radius 2 is 2.05 bits per heavy atom. The average molecular weight is 318 g/mol. The maximum atomic E-state index is 11.3. The van der Waals surface area contributed by atoms with Crippen LogP contribution >= 0.6 is 23.2 Å². The van der Waals surface area contributed by atoms with E-state index in [0.29, 0.717) is 10.7 Å². The third kappa shape index (κ3) is 2.68. The predicted octanol–water partition coefficient (Wildman–Crippen LogP) is 2.48. The van der Waals surface area contributed by atoms with Crippen LogP contribution in [0.2, 0.25) is 10.0 Å². The van der Waals surface area contributed by atoms with Crippen LogP contribution in [-0.2, 0) is 9.59 Å². The molecule has 0 aromatic heterocycles. The summed E-state index contributed by atoms with van der Waals surface area (Å²) in [5, 5.41) is 27.3. The van der Waals surface area contributed by atoms with Crippen LogP contribution < -0.4 is 5.01 Å². The highest BCUT2D eigenvalue weighted by Gasteiger charge is 2.47. The molecule has 0 fully saturated rings. The number of anilines is 1. The summed E-state index contributed by atoms with van der Waals surface area (Å²) in [4.78, 5) is 22.1. The van der Waals surface area contributed by atoms with Crippen molar-refractivity contribution in [2.75, 3.05) is 11.6 Å². The number of halogens is 2. The van der Waals surface area contributed by atoms with Gasteiger partial charge in [-0.05, 0) is 18.2 Å². The first-order valence-electron chi connectivity index (χ1n) is 5.45. The lowest BCUT2D eigenvalue weighted by molar-refractivity contribution is -0.149. The molecule has 1 heterocycles. The number of carboxylic acids is 2. The molecular formula is C11H9Cl2N3O4. The molecule has 0 saturated heterocycles. The third-order valence-electron chi connectivity index (χ3n) is 2.79. The highest BCUT2D eigenvalue weighted by molar-refractivity contribution is 6.36. The average Bonchev–Trinajstić information content (AvgIpc) is 2.73. The van der Waals surface area contributed by atoms with E-state index in [9.17, 15) is 14.7 Å². The fourth-order valence-corrected chi connectivity index (χ4v) is 2.31. The summed E-state index contributed by atoms with van der Waals surface area (Å²) < 4.78 is 0. The molecule has 2 rings (SSSR count). The minimum Gasteiger partial charge on any atom is -0.481 e. The van der Waals surface area contributed by atoms with Gasteiger partial charge in [0.1, 0.15) is 0 Å². The first kappa shape index (κ1) is 14.5. The van der Waals surface area contributed by atoms with Crippen LogP contribution in [0.1, 0.15) is 6.42 Å². The lowest BCUT2D eigenvalue weighted by Crippen LogP contribution is -2.43. The molecule has 1 aromatic rings. The largest absolute Gasteiger partial charge is 0.481 e. The summed E-state index contributed by atoms with van der Waals surface area (Å²) in [6.07, 6.45) is -0.659. The molecule has 1 unspecified atom stereocenters. The Bertz CT molecular complexity index is 607. The second-order valence-corrected chi connectivity index (χ2v) is 5.09. The van der Waals surface area contributed by atoms with Crippen molar-refractivity contribution < 1.29 is 19.8 Å². The fraction of sp³-hybridized carbons (Fsp3) is 0.273. The van der Waals surface area contributed by atoms with Crippen molar-refractivity contribution in [2.24, 2.45) is 10.3 Å². The molecule has 7 nitrogen and oxygen atoms in total. The maximum Gasteiger partial charge on any atom is 0.336 e. The van der Waals surface area contributed by atoms with E-state index in [4.69, 9.17) is 28.3 Å². The van der Waals surface area contributed by atoms with Crippen LogP contribution in [0, 0.1) is 0 Å². The first-order valence-corrected chi connectivity index (χ1v) is 6.20. The number of benzene rings is 1. The molecule has 2 N–H and O–H groups in total. The van der Waals surface area contributed by atoms with E-state index >= 15 is 0 Å². The van der Waals surface area contributed by atoms with Gasteiger partial charge in [-0.25, -0.2) is 9.80 Å².